The quantitative estimate of drug-likeness (QED) is 0.357. The van der Waals surface area contributed by atoms with Crippen LogP contribution < -0.4 is 10.1 Å². The molecule has 1 amide bonds. The summed E-state index contributed by atoms with van der Waals surface area (Å²) in [5.41, 5.74) is -0.224. The molecule has 13 heteroatoms. The third-order valence-electron chi connectivity index (χ3n) is 6.98. The minimum Gasteiger partial charge on any atom is -0.481 e. The highest BCUT2D eigenvalue weighted by Crippen LogP contribution is 2.37. The molecule has 1 atom stereocenters. The first-order chi connectivity index (χ1) is 18.6. The largest absolute Gasteiger partial charge is 0.481 e. The number of nitrogens with one attached hydrogen (secondary N) is 1. The Morgan fingerprint density at radius 3 is 2.51 bits per heavy atom. The van der Waals surface area contributed by atoms with Crippen LogP contribution in [0.1, 0.15) is 38.3 Å². The van der Waals surface area contributed by atoms with E-state index in [1.807, 2.05) is 24.8 Å². The summed E-state index contributed by atoms with van der Waals surface area (Å²) < 4.78 is 34.0. The third-order valence-corrected chi connectivity index (χ3v) is 7.21. The summed E-state index contributed by atoms with van der Waals surface area (Å²) >= 11 is 5.97. The lowest BCUT2D eigenvalue weighted by Crippen LogP contribution is -2.55. The maximum Gasteiger partial charge on any atom is 0.387 e. The lowest BCUT2D eigenvalue weighted by atomic mass is 9.85. The van der Waals surface area contributed by atoms with Gasteiger partial charge < -0.3 is 20.1 Å². The monoisotopic (exact) mass is 564 g/mol. The van der Waals surface area contributed by atoms with Gasteiger partial charge >= 0.3 is 12.6 Å². The molecule has 3 heterocycles. The minimum absolute atomic E-state index is 0.0638. The molecule has 1 aromatic carbocycles. The molecule has 39 heavy (non-hydrogen) atoms. The van der Waals surface area contributed by atoms with Gasteiger partial charge in [0.1, 0.15) is 5.54 Å². The van der Waals surface area contributed by atoms with E-state index in [2.05, 4.69) is 20.3 Å². The third kappa shape index (κ3) is 6.56. The van der Waals surface area contributed by atoms with Crippen LogP contribution in [0.25, 0.3) is 0 Å². The molecule has 1 saturated heterocycles. The fraction of sp³-hybridized carbons (Fsp3) is 0.462. The number of aromatic nitrogens is 4. The Labute approximate surface area is 229 Å². The van der Waals surface area contributed by atoms with Crippen LogP contribution in [0.4, 0.5) is 14.5 Å². The predicted octanol–water partition coefficient (Wildman–Crippen LogP) is 4.29. The smallest absolute Gasteiger partial charge is 0.387 e. The van der Waals surface area contributed by atoms with Crippen LogP contribution in [0.5, 0.6) is 5.75 Å². The number of alkyl halides is 2. The first-order valence-electron chi connectivity index (χ1n) is 12.6. The second-order valence-electron chi connectivity index (χ2n) is 9.89. The number of amides is 1. The van der Waals surface area contributed by atoms with Gasteiger partial charge in [0.25, 0.3) is 5.91 Å². The van der Waals surface area contributed by atoms with Crippen LogP contribution in [0.15, 0.2) is 48.9 Å². The number of ether oxygens (including phenoxy) is 1. The minimum atomic E-state index is -3.10. The number of carbonyl (C=O) groups is 2. The van der Waals surface area contributed by atoms with Gasteiger partial charge in [-0.3, -0.25) is 19.0 Å². The average Bonchev–Trinajstić information content (AvgIpc) is 3.58. The summed E-state index contributed by atoms with van der Waals surface area (Å²) in [6, 6.07) is 7.70. The summed E-state index contributed by atoms with van der Waals surface area (Å²) in [4.78, 5) is 27.9. The van der Waals surface area contributed by atoms with E-state index in [4.69, 9.17) is 11.6 Å². The second kappa shape index (κ2) is 12.1. The van der Waals surface area contributed by atoms with Gasteiger partial charge in [0.15, 0.2) is 5.75 Å². The lowest BCUT2D eigenvalue weighted by molar-refractivity contribution is -0.143. The maximum absolute atomic E-state index is 14.0. The second-order valence-corrected chi connectivity index (χ2v) is 10.3. The molecule has 2 aromatic heterocycles. The number of carboxylic acids is 1. The van der Waals surface area contributed by atoms with Gasteiger partial charge in [-0.1, -0.05) is 25.4 Å². The molecule has 0 bridgehead atoms. The van der Waals surface area contributed by atoms with Crippen molar-refractivity contribution in [3.8, 4) is 5.75 Å². The number of anilines is 1. The summed E-state index contributed by atoms with van der Waals surface area (Å²) in [5, 5.41) is 21.4. The van der Waals surface area contributed by atoms with Crippen molar-refractivity contribution in [1.29, 1.82) is 0 Å². The van der Waals surface area contributed by atoms with Crippen LogP contribution >= 0.6 is 11.6 Å². The molecule has 10 nitrogen and oxygen atoms in total. The van der Waals surface area contributed by atoms with Crippen molar-refractivity contribution in [3.63, 3.8) is 0 Å². The number of nitrogens with zero attached hydrogens (tertiary/aromatic N) is 5. The van der Waals surface area contributed by atoms with Gasteiger partial charge in [-0.15, -0.1) is 0 Å². The Morgan fingerprint density at radius 1 is 1.15 bits per heavy atom. The summed E-state index contributed by atoms with van der Waals surface area (Å²) in [6.07, 6.45) is 5.60. The Bertz CT molecular complexity index is 1280. The molecular formula is C26H31ClF2N6O4. The normalized spacial score (nSPS) is 16.4. The standard InChI is InChI=1S/C26H31ClF2N6O4/c1-17(2)21-6-10-31-35(21)26(24(38)32-20-5-4-19(27)14-22(20)39-25(28)29)7-12-33(13-8-26)15-18(23(36)37)16-34-11-3-9-30-34/h3-6,9-11,14,17-18,25H,7-8,12-13,15-16H2,1-2H3,(H,32,38)(H,36,37). The van der Waals surface area contributed by atoms with Crippen molar-refractivity contribution in [3.05, 3.63) is 59.6 Å². The number of rotatable bonds is 11. The summed E-state index contributed by atoms with van der Waals surface area (Å²) in [5.74, 6) is -2.23. The maximum atomic E-state index is 14.0. The van der Waals surface area contributed by atoms with E-state index in [1.165, 1.54) is 18.2 Å². The van der Waals surface area contributed by atoms with E-state index in [9.17, 15) is 23.5 Å². The molecule has 2 N–H and O–H groups in total. The molecule has 1 unspecified atom stereocenters. The van der Waals surface area contributed by atoms with Crippen LogP contribution in [0, 0.1) is 5.92 Å². The molecule has 0 aliphatic carbocycles. The van der Waals surface area contributed by atoms with Crippen LogP contribution in [-0.4, -0.2) is 67.7 Å². The SMILES string of the molecule is CC(C)c1ccnn1C1(C(=O)Nc2ccc(Cl)cc2OC(F)F)CCN(CC(Cn2cccn2)C(=O)O)CC1. The lowest BCUT2D eigenvalue weighted by Gasteiger charge is -2.42. The number of aliphatic carboxylic acids is 1. The van der Waals surface area contributed by atoms with Gasteiger partial charge in [-0.05, 0) is 43.0 Å². The number of halogens is 3. The fourth-order valence-corrected chi connectivity index (χ4v) is 5.10. The fourth-order valence-electron chi connectivity index (χ4n) is 4.94. The molecule has 0 radical (unpaired) electrons. The zero-order valence-corrected chi connectivity index (χ0v) is 22.4. The van der Waals surface area contributed by atoms with Crippen molar-refractivity contribution in [2.45, 2.75) is 51.3 Å². The molecular weight excluding hydrogens is 534 g/mol. The van der Waals surface area contributed by atoms with E-state index < -0.39 is 29.9 Å². The molecule has 0 saturated carbocycles. The van der Waals surface area contributed by atoms with Crippen molar-refractivity contribution in [1.82, 2.24) is 24.5 Å². The highest BCUT2D eigenvalue weighted by Gasteiger charge is 2.46. The number of carboxylic acid groups (broad SMARTS) is 1. The van der Waals surface area contributed by atoms with Gasteiger partial charge in [0.05, 0.1) is 18.2 Å². The number of carbonyl (C=O) groups excluding carboxylic acids is 1. The number of piperidine rings is 1. The molecule has 1 aliphatic rings. The van der Waals surface area contributed by atoms with E-state index in [0.717, 1.165) is 5.69 Å². The molecule has 210 valence electrons. The van der Waals surface area contributed by atoms with Crippen molar-refractivity contribution in [2.24, 2.45) is 5.92 Å². The Hall–Kier alpha value is -3.51. The molecule has 1 aliphatic heterocycles. The zero-order valence-electron chi connectivity index (χ0n) is 21.6. The molecule has 4 rings (SSSR count). The highest BCUT2D eigenvalue weighted by molar-refractivity contribution is 6.30. The number of hydrogen-bond donors (Lipinski definition) is 2. The number of hydrogen-bond acceptors (Lipinski definition) is 6. The summed E-state index contributed by atoms with van der Waals surface area (Å²) in [6.45, 7) is 2.25. The molecule has 1 fully saturated rings. The first kappa shape index (κ1) is 28.5. The first-order valence-corrected chi connectivity index (χ1v) is 13.0. The Balaban J connectivity index is 1.58. The van der Waals surface area contributed by atoms with Crippen molar-refractivity contribution in [2.75, 3.05) is 25.0 Å². The van der Waals surface area contributed by atoms with E-state index in [-0.39, 0.29) is 35.5 Å². The van der Waals surface area contributed by atoms with Gasteiger partial charge in [-0.2, -0.15) is 19.0 Å². The summed E-state index contributed by atoms with van der Waals surface area (Å²) in [7, 11) is 0. The van der Waals surface area contributed by atoms with Crippen LogP contribution in [0.3, 0.4) is 0 Å². The number of benzene rings is 1. The predicted molar refractivity (Wildman–Crippen MR) is 140 cm³/mol. The van der Waals surface area contributed by atoms with Gasteiger partial charge in [-0.25, -0.2) is 0 Å². The van der Waals surface area contributed by atoms with E-state index in [0.29, 0.717) is 25.9 Å². The topological polar surface area (TPSA) is 115 Å². The van der Waals surface area contributed by atoms with Crippen molar-refractivity contribution >= 4 is 29.2 Å². The highest BCUT2D eigenvalue weighted by atomic mass is 35.5. The van der Waals surface area contributed by atoms with Gasteiger partial charge in [0.2, 0.25) is 0 Å². The van der Waals surface area contributed by atoms with Crippen molar-refractivity contribution < 1.29 is 28.2 Å². The van der Waals surface area contributed by atoms with Crippen LogP contribution in [0.2, 0.25) is 5.02 Å². The average molecular weight is 565 g/mol. The molecule has 3 aromatic rings. The molecule has 0 spiro atoms. The van der Waals surface area contributed by atoms with E-state index in [1.54, 1.807) is 34.0 Å². The Kier molecular flexibility index (Phi) is 8.86. The van der Waals surface area contributed by atoms with Gasteiger partial charge in [0, 0.05) is 55.0 Å². The number of likely N-dealkylation sites (tertiary alicyclic amines) is 1. The van der Waals surface area contributed by atoms with Crippen LogP contribution in [-0.2, 0) is 21.7 Å². The zero-order chi connectivity index (χ0) is 28.2. The van der Waals surface area contributed by atoms with E-state index >= 15 is 0 Å². The Morgan fingerprint density at radius 2 is 1.90 bits per heavy atom.